The smallest absolute Gasteiger partial charge is 0.0402 e. The van der Waals surface area contributed by atoms with Gasteiger partial charge in [0.05, 0.1) is 0 Å². The molecular formula is C13H22N2. The molecule has 0 fully saturated rings. The van der Waals surface area contributed by atoms with Gasteiger partial charge in [-0.25, -0.2) is 0 Å². The summed E-state index contributed by atoms with van der Waals surface area (Å²) in [4.78, 5) is 0. The van der Waals surface area contributed by atoms with Crippen LogP contribution in [0.15, 0.2) is 0 Å². The highest BCUT2D eigenvalue weighted by Gasteiger charge is 2.14. The Morgan fingerprint density at radius 3 is 1.60 bits per heavy atom. The zero-order valence-electron chi connectivity index (χ0n) is 10.3. The minimum absolute atomic E-state index is 0.893. The number of nitrogens with two attached hydrogens (primary N) is 2. The molecule has 1 aromatic rings. The van der Waals surface area contributed by atoms with Crippen LogP contribution in [0, 0.1) is 6.92 Å². The van der Waals surface area contributed by atoms with E-state index >= 15 is 0 Å². The summed E-state index contributed by atoms with van der Waals surface area (Å²) in [5.74, 6) is 0. The van der Waals surface area contributed by atoms with Crippen LogP contribution in [-0.4, -0.2) is 0 Å². The Balaban J connectivity index is 3.57. The summed E-state index contributed by atoms with van der Waals surface area (Å²) in [5, 5.41) is 0. The number of hydrogen-bond acceptors (Lipinski definition) is 2. The van der Waals surface area contributed by atoms with Crippen molar-refractivity contribution in [2.45, 2.75) is 47.0 Å². The average molecular weight is 206 g/mol. The summed E-state index contributed by atoms with van der Waals surface area (Å²) in [7, 11) is 0. The maximum absolute atomic E-state index is 6.17. The molecule has 2 heteroatoms. The topological polar surface area (TPSA) is 52.0 Å². The summed E-state index contributed by atoms with van der Waals surface area (Å²) in [6.45, 7) is 8.52. The van der Waals surface area contributed by atoms with Crippen LogP contribution in [0.4, 0.5) is 11.4 Å². The van der Waals surface area contributed by atoms with Crippen LogP contribution in [0.2, 0.25) is 0 Å². The first kappa shape index (κ1) is 11.9. The third-order valence-corrected chi connectivity index (χ3v) is 3.26. The molecule has 0 aliphatic heterocycles. The van der Waals surface area contributed by atoms with Crippen LogP contribution in [0.3, 0.4) is 0 Å². The average Bonchev–Trinajstić information content (AvgIpc) is 2.23. The highest BCUT2D eigenvalue weighted by Crippen LogP contribution is 2.32. The molecule has 0 amide bonds. The molecular weight excluding hydrogens is 184 g/mol. The van der Waals surface area contributed by atoms with Gasteiger partial charge in [-0.05, 0) is 48.4 Å². The van der Waals surface area contributed by atoms with E-state index in [9.17, 15) is 0 Å². The van der Waals surface area contributed by atoms with Crippen molar-refractivity contribution in [1.29, 1.82) is 0 Å². The zero-order chi connectivity index (χ0) is 11.6. The molecule has 0 aliphatic rings. The molecule has 0 atom stereocenters. The number of anilines is 2. The van der Waals surface area contributed by atoms with Crippen LogP contribution < -0.4 is 11.5 Å². The predicted octanol–water partition coefficient (Wildman–Crippen LogP) is 2.85. The van der Waals surface area contributed by atoms with Gasteiger partial charge in [-0.15, -0.1) is 0 Å². The number of hydrogen-bond donors (Lipinski definition) is 2. The molecule has 0 spiro atoms. The van der Waals surface area contributed by atoms with Gasteiger partial charge in [0.2, 0.25) is 0 Å². The van der Waals surface area contributed by atoms with E-state index < -0.39 is 0 Å². The Kier molecular flexibility index (Phi) is 3.61. The minimum Gasteiger partial charge on any atom is -0.398 e. The van der Waals surface area contributed by atoms with Gasteiger partial charge in [-0.2, -0.15) is 0 Å². The molecule has 84 valence electrons. The Bertz CT molecular complexity index is 368. The molecule has 0 aliphatic carbocycles. The maximum Gasteiger partial charge on any atom is 0.0402 e. The van der Waals surface area contributed by atoms with Gasteiger partial charge < -0.3 is 11.5 Å². The van der Waals surface area contributed by atoms with E-state index in [0.717, 1.165) is 36.2 Å². The lowest BCUT2D eigenvalue weighted by molar-refractivity contribution is 1.01. The normalized spacial score (nSPS) is 10.7. The van der Waals surface area contributed by atoms with Gasteiger partial charge in [0.25, 0.3) is 0 Å². The first-order valence-corrected chi connectivity index (χ1v) is 5.76. The standard InChI is InChI=1S/C13H22N2/c1-5-9-8(4)12(14)11(7-3)13(15)10(9)6-2/h5-7,14-15H2,1-4H3. The molecule has 2 nitrogen and oxygen atoms in total. The van der Waals surface area contributed by atoms with E-state index in [1.807, 2.05) is 0 Å². The highest BCUT2D eigenvalue weighted by molar-refractivity contribution is 5.72. The lowest BCUT2D eigenvalue weighted by Gasteiger charge is -2.19. The molecule has 0 radical (unpaired) electrons. The monoisotopic (exact) mass is 206 g/mol. The maximum atomic E-state index is 6.17. The lowest BCUT2D eigenvalue weighted by atomic mass is 9.90. The Labute approximate surface area is 92.7 Å². The lowest BCUT2D eigenvalue weighted by Crippen LogP contribution is -2.09. The summed E-state index contributed by atoms with van der Waals surface area (Å²) in [5.41, 5.74) is 19.1. The SMILES string of the molecule is CCc1c(N)c(C)c(CC)c(CC)c1N. The third-order valence-electron chi connectivity index (χ3n) is 3.26. The van der Waals surface area contributed by atoms with Crippen molar-refractivity contribution in [2.24, 2.45) is 0 Å². The molecule has 0 heterocycles. The van der Waals surface area contributed by atoms with Crippen molar-refractivity contribution in [2.75, 3.05) is 11.5 Å². The van der Waals surface area contributed by atoms with E-state index in [-0.39, 0.29) is 0 Å². The first-order valence-electron chi connectivity index (χ1n) is 5.76. The summed E-state index contributed by atoms with van der Waals surface area (Å²) in [6.07, 6.45) is 2.91. The van der Waals surface area contributed by atoms with Crippen LogP contribution in [0.1, 0.15) is 43.0 Å². The Morgan fingerprint density at radius 1 is 0.733 bits per heavy atom. The molecule has 0 saturated heterocycles. The fraction of sp³-hybridized carbons (Fsp3) is 0.538. The van der Waals surface area contributed by atoms with Gasteiger partial charge in [0.15, 0.2) is 0 Å². The second-order valence-electron chi connectivity index (χ2n) is 3.95. The van der Waals surface area contributed by atoms with Gasteiger partial charge >= 0.3 is 0 Å². The predicted molar refractivity (Wildman–Crippen MR) is 68.1 cm³/mol. The molecule has 15 heavy (non-hydrogen) atoms. The van der Waals surface area contributed by atoms with Crippen molar-refractivity contribution in [3.8, 4) is 0 Å². The largest absolute Gasteiger partial charge is 0.398 e. The minimum atomic E-state index is 0.893. The summed E-state index contributed by atoms with van der Waals surface area (Å²) >= 11 is 0. The van der Waals surface area contributed by atoms with Crippen LogP contribution in [-0.2, 0) is 19.3 Å². The quantitative estimate of drug-likeness (QED) is 0.747. The number of rotatable bonds is 3. The van der Waals surface area contributed by atoms with E-state index in [0.29, 0.717) is 0 Å². The fourth-order valence-corrected chi connectivity index (χ4v) is 2.37. The van der Waals surface area contributed by atoms with Gasteiger partial charge in [-0.3, -0.25) is 0 Å². The third kappa shape index (κ3) is 1.81. The Hall–Kier alpha value is -1.18. The van der Waals surface area contributed by atoms with E-state index in [1.54, 1.807) is 0 Å². The van der Waals surface area contributed by atoms with Crippen molar-refractivity contribution in [1.82, 2.24) is 0 Å². The molecule has 1 rings (SSSR count). The van der Waals surface area contributed by atoms with E-state index in [2.05, 4.69) is 27.7 Å². The van der Waals surface area contributed by atoms with Crippen molar-refractivity contribution >= 4 is 11.4 Å². The van der Waals surface area contributed by atoms with Crippen molar-refractivity contribution in [3.05, 3.63) is 22.3 Å². The number of benzene rings is 1. The van der Waals surface area contributed by atoms with Crippen LogP contribution >= 0.6 is 0 Å². The van der Waals surface area contributed by atoms with Gasteiger partial charge in [0, 0.05) is 11.4 Å². The summed E-state index contributed by atoms with van der Waals surface area (Å²) < 4.78 is 0. The molecule has 0 bridgehead atoms. The second-order valence-corrected chi connectivity index (χ2v) is 3.95. The van der Waals surface area contributed by atoms with Gasteiger partial charge in [0.1, 0.15) is 0 Å². The molecule has 0 aromatic heterocycles. The molecule has 0 unspecified atom stereocenters. The van der Waals surface area contributed by atoms with Gasteiger partial charge in [-0.1, -0.05) is 20.8 Å². The van der Waals surface area contributed by atoms with Crippen LogP contribution in [0.25, 0.3) is 0 Å². The van der Waals surface area contributed by atoms with E-state index in [4.69, 9.17) is 11.5 Å². The fourth-order valence-electron chi connectivity index (χ4n) is 2.37. The summed E-state index contributed by atoms with van der Waals surface area (Å²) in [6, 6.07) is 0. The second kappa shape index (κ2) is 4.56. The highest BCUT2D eigenvalue weighted by atomic mass is 14.6. The number of nitrogen functional groups attached to an aromatic ring is 2. The molecule has 4 N–H and O–H groups in total. The van der Waals surface area contributed by atoms with Crippen molar-refractivity contribution < 1.29 is 0 Å². The van der Waals surface area contributed by atoms with Crippen LogP contribution in [0.5, 0.6) is 0 Å². The molecule has 0 saturated carbocycles. The van der Waals surface area contributed by atoms with Crippen molar-refractivity contribution in [3.63, 3.8) is 0 Å². The first-order chi connectivity index (χ1) is 7.08. The molecule has 1 aromatic carbocycles. The van der Waals surface area contributed by atoms with E-state index in [1.165, 1.54) is 16.7 Å². The zero-order valence-corrected chi connectivity index (χ0v) is 10.3. The Morgan fingerprint density at radius 2 is 1.20 bits per heavy atom.